The summed E-state index contributed by atoms with van der Waals surface area (Å²) < 4.78 is 9.56. The lowest BCUT2D eigenvalue weighted by Crippen LogP contribution is -2.04. The van der Waals surface area contributed by atoms with Crippen molar-refractivity contribution in [1.82, 2.24) is 0 Å². The van der Waals surface area contributed by atoms with Crippen LogP contribution in [0.4, 0.5) is 4.79 Å². The molecule has 32 heavy (non-hydrogen) atoms. The fourth-order valence-electron chi connectivity index (χ4n) is 2.05. The average Bonchev–Trinajstić information content (AvgIpc) is 3.21. The highest BCUT2D eigenvalue weighted by atomic mass is 16.8. The van der Waals surface area contributed by atoms with Crippen LogP contribution in [0.25, 0.3) is 0 Å². The lowest BCUT2D eigenvalue weighted by atomic mass is 10.3. The van der Waals surface area contributed by atoms with E-state index in [1.165, 1.54) is 0 Å². The topological polar surface area (TPSA) is 35.5 Å². The van der Waals surface area contributed by atoms with Crippen LogP contribution in [0.3, 0.4) is 0 Å². The normalized spacial score (nSPS) is 18.6. The molecule has 1 heterocycles. The van der Waals surface area contributed by atoms with Gasteiger partial charge in [0.2, 0.25) is 0 Å². The largest absolute Gasteiger partial charge is 0.509 e. The molecule has 0 N–H and O–H groups in total. The molecule has 3 nitrogen and oxygen atoms in total. The third-order valence-corrected chi connectivity index (χ3v) is 3.52. The molecule has 0 amide bonds. The number of cyclic esters (lactones) is 2. The Balaban J connectivity index is 2.13. The van der Waals surface area contributed by atoms with Crippen molar-refractivity contribution in [2.45, 2.75) is 6.10 Å². The molecule has 0 radical (unpaired) electrons. The van der Waals surface area contributed by atoms with Gasteiger partial charge in [-0.3, -0.25) is 0 Å². The Hall–Kier alpha value is -4.11. The van der Waals surface area contributed by atoms with E-state index in [0.29, 0.717) is 0 Å². The first kappa shape index (κ1) is 25.9. The van der Waals surface area contributed by atoms with Crippen molar-refractivity contribution in [3.8, 4) is 0 Å². The summed E-state index contributed by atoms with van der Waals surface area (Å²) in [5.41, 5.74) is 0. The fourth-order valence-corrected chi connectivity index (χ4v) is 2.05. The zero-order valence-corrected chi connectivity index (χ0v) is 18.2. The van der Waals surface area contributed by atoms with E-state index in [1.807, 2.05) is 140 Å². The minimum absolute atomic E-state index is 0.276. The highest BCUT2D eigenvalue weighted by Gasteiger charge is 2.21. The molecular weight excluding hydrogens is 396 g/mol. The van der Waals surface area contributed by atoms with Crippen molar-refractivity contribution in [2.24, 2.45) is 0 Å². The zero-order chi connectivity index (χ0) is 23.0. The lowest BCUT2D eigenvalue weighted by molar-refractivity contribution is 0.125. The molecular formula is C29H30O3. The number of hydrogen-bond acceptors (Lipinski definition) is 3. The van der Waals surface area contributed by atoms with E-state index in [-0.39, 0.29) is 12.7 Å². The molecule has 1 saturated heterocycles. The van der Waals surface area contributed by atoms with Crippen LogP contribution in [0.5, 0.6) is 0 Å². The molecule has 1 unspecified atom stereocenters. The molecule has 1 atom stereocenters. The summed E-state index contributed by atoms with van der Waals surface area (Å²) in [5.74, 6) is 0. The Bertz CT molecular complexity index is 895. The van der Waals surface area contributed by atoms with Gasteiger partial charge in [-0.05, 0) is 6.08 Å². The van der Waals surface area contributed by atoms with Gasteiger partial charge in [0.15, 0.2) is 6.10 Å². The molecule has 0 saturated carbocycles. The Labute approximate surface area is 191 Å². The molecule has 164 valence electrons. The molecule has 1 aliphatic heterocycles. The minimum atomic E-state index is -0.612. The Kier molecular flexibility index (Phi) is 16.3. The number of hydrogen-bond donors (Lipinski definition) is 0. The van der Waals surface area contributed by atoms with Crippen LogP contribution in [-0.2, 0) is 9.47 Å². The van der Waals surface area contributed by atoms with Crippen LogP contribution in [0.1, 0.15) is 0 Å². The molecule has 0 bridgehead atoms. The smallest absolute Gasteiger partial charge is 0.430 e. The van der Waals surface area contributed by atoms with Crippen molar-refractivity contribution in [3.05, 3.63) is 158 Å². The van der Waals surface area contributed by atoms with Crippen molar-refractivity contribution >= 4 is 6.16 Å². The number of ether oxygens (including phenoxy) is 2. The average molecular weight is 427 g/mol. The maximum absolute atomic E-state index is 10.8. The van der Waals surface area contributed by atoms with E-state index < -0.39 is 6.16 Å². The molecule has 0 spiro atoms. The first-order valence-corrected chi connectivity index (χ1v) is 10.3. The first-order valence-electron chi connectivity index (χ1n) is 10.3. The van der Waals surface area contributed by atoms with Crippen LogP contribution in [-0.4, -0.2) is 18.9 Å². The molecule has 0 aromatic carbocycles. The molecule has 3 heteroatoms. The van der Waals surface area contributed by atoms with Gasteiger partial charge in [0.25, 0.3) is 0 Å². The Morgan fingerprint density at radius 1 is 0.531 bits per heavy atom. The Morgan fingerprint density at radius 3 is 1.12 bits per heavy atom. The van der Waals surface area contributed by atoms with E-state index in [2.05, 4.69) is 11.3 Å². The van der Waals surface area contributed by atoms with E-state index in [9.17, 15) is 4.79 Å². The Morgan fingerprint density at radius 2 is 0.844 bits per heavy atom. The maximum atomic E-state index is 10.8. The maximum Gasteiger partial charge on any atom is 0.509 e. The summed E-state index contributed by atoms with van der Waals surface area (Å²) in [7, 11) is 0. The SMILES string of the molecule is C=C/C=C/C=C/C=C/C=C/C=C/C=C/C=C/C=C/C=C/C=C/C=C/C=C/C1COC(=O)O1. The summed E-state index contributed by atoms with van der Waals surface area (Å²) >= 11 is 0. The van der Waals surface area contributed by atoms with Gasteiger partial charge < -0.3 is 9.47 Å². The first-order chi connectivity index (χ1) is 15.8. The summed E-state index contributed by atoms with van der Waals surface area (Å²) in [5, 5.41) is 0. The third kappa shape index (κ3) is 16.8. The van der Waals surface area contributed by atoms with Gasteiger partial charge in [0, 0.05) is 0 Å². The second kappa shape index (κ2) is 20.2. The van der Waals surface area contributed by atoms with Gasteiger partial charge in [0.05, 0.1) is 0 Å². The highest BCUT2D eigenvalue weighted by molar-refractivity contribution is 5.62. The summed E-state index contributed by atoms with van der Waals surface area (Å²) in [4.78, 5) is 10.8. The lowest BCUT2D eigenvalue weighted by Gasteiger charge is -1.94. The van der Waals surface area contributed by atoms with Gasteiger partial charge >= 0.3 is 6.16 Å². The number of allylic oxidation sites excluding steroid dienone is 24. The molecule has 1 rings (SSSR count). The molecule has 0 aromatic rings. The van der Waals surface area contributed by atoms with Gasteiger partial charge in [-0.2, -0.15) is 0 Å². The quantitative estimate of drug-likeness (QED) is 0.228. The van der Waals surface area contributed by atoms with Crippen molar-refractivity contribution in [3.63, 3.8) is 0 Å². The van der Waals surface area contributed by atoms with Gasteiger partial charge in [-0.15, -0.1) is 0 Å². The summed E-state index contributed by atoms with van der Waals surface area (Å²) in [6, 6.07) is 0. The van der Waals surface area contributed by atoms with Crippen LogP contribution in [0.15, 0.2) is 158 Å². The monoisotopic (exact) mass is 426 g/mol. The zero-order valence-electron chi connectivity index (χ0n) is 18.2. The van der Waals surface area contributed by atoms with E-state index >= 15 is 0 Å². The minimum Gasteiger partial charge on any atom is -0.430 e. The summed E-state index contributed by atoms with van der Waals surface area (Å²) in [6.45, 7) is 3.88. The second-order valence-electron chi connectivity index (χ2n) is 6.07. The van der Waals surface area contributed by atoms with Gasteiger partial charge in [-0.1, -0.05) is 152 Å². The second-order valence-corrected chi connectivity index (χ2v) is 6.07. The van der Waals surface area contributed by atoms with E-state index in [4.69, 9.17) is 4.74 Å². The van der Waals surface area contributed by atoms with Crippen molar-refractivity contribution in [2.75, 3.05) is 6.61 Å². The predicted molar refractivity (Wildman–Crippen MR) is 136 cm³/mol. The van der Waals surface area contributed by atoms with Crippen LogP contribution in [0, 0.1) is 0 Å². The van der Waals surface area contributed by atoms with E-state index in [0.717, 1.165) is 0 Å². The van der Waals surface area contributed by atoms with Crippen molar-refractivity contribution < 1.29 is 14.3 Å². The predicted octanol–water partition coefficient (Wildman–Crippen LogP) is 7.38. The third-order valence-electron chi connectivity index (χ3n) is 3.52. The number of carbonyl (C=O) groups excluding carboxylic acids is 1. The highest BCUT2D eigenvalue weighted by Crippen LogP contribution is 2.06. The van der Waals surface area contributed by atoms with E-state index in [1.54, 1.807) is 12.2 Å². The summed E-state index contributed by atoms with van der Waals surface area (Å²) in [6.07, 6.45) is 47.3. The number of rotatable bonds is 13. The van der Waals surface area contributed by atoms with Crippen LogP contribution >= 0.6 is 0 Å². The molecule has 1 fully saturated rings. The molecule has 0 aliphatic carbocycles. The van der Waals surface area contributed by atoms with Crippen molar-refractivity contribution in [1.29, 1.82) is 0 Å². The van der Waals surface area contributed by atoms with Crippen LogP contribution < -0.4 is 0 Å². The standard InChI is InChI=1S/C29H30O3/c1-2-3-4-5-6-7-8-9-10-11-12-13-14-15-16-17-18-19-20-21-22-23-24-25-26-28-27-31-29(30)32-28/h2-26,28H,1,27H2/b4-3+,6-5+,8-7+,10-9+,12-11+,14-13+,16-15+,18-17+,20-19+,22-21+,24-23+,26-25+. The molecule has 0 aromatic heterocycles. The van der Waals surface area contributed by atoms with Gasteiger partial charge in [-0.25, -0.2) is 4.79 Å². The van der Waals surface area contributed by atoms with Gasteiger partial charge in [0.1, 0.15) is 6.61 Å². The fraction of sp³-hybridized carbons (Fsp3) is 0.0690. The van der Waals surface area contributed by atoms with Crippen LogP contribution in [0.2, 0.25) is 0 Å². The molecule has 1 aliphatic rings. The number of carbonyl (C=O) groups is 1.